The Hall–Kier alpha value is -0.800. The molecule has 0 fully saturated rings. The van der Waals surface area contributed by atoms with Gasteiger partial charge < -0.3 is 10.0 Å². The van der Waals surface area contributed by atoms with Crippen LogP contribution in [0.15, 0.2) is 12.3 Å². The number of aliphatic hydroxyl groups is 1. The van der Waals surface area contributed by atoms with Crippen molar-refractivity contribution in [1.82, 2.24) is 4.98 Å². The normalized spacial score (nSPS) is 10.8. The average Bonchev–Trinajstić information content (AvgIpc) is 2.17. The summed E-state index contributed by atoms with van der Waals surface area (Å²) in [5.41, 5.74) is 0.720. The molecule has 1 N–H and O–H groups in total. The van der Waals surface area contributed by atoms with Gasteiger partial charge in [-0.15, -0.1) is 0 Å². The van der Waals surface area contributed by atoms with Gasteiger partial charge in [-0.3, -0.25) is 0 Å². The summed E-state index contributed by atoms with van der Waals surface area (Å²) < 4.78 is 0. The molecule has 1 rings (SSSR count). The third-order valence-electron chi connectivity index (χ3n) is 2.12. The Balaban J connectivity index is 2.85. The molecule has 1 aromatic rings. The summed E-state index contributed by atoms with van der Waals surface area (Å²) in [4.78, 5) is 6.28. The second kappa shape index (κ2) is 5.33. The second-order valence-corrected chi connectivity index (χ2v) is 4.47. The van der Waals surface area contributed by atoms with Gasteiger partial charge in [0.05, 0.1) is 11.6 Å². The standard InChI is InChI=1S/C11H17ClN2O/c1-8(2)6-14(3)11-4-9(7-15)10(12)5-13-11/h4-5,8,15H,6-7H2,1-3H3. The predicted octanol–water partition coefficient (Wildman–Crippen LogP) is 2.32. The quantitative estimate of drug-likeness (QED) is 0.859. The van der Waals surface area contributed by atoms with Crippen LogP contribution in [0.25, 0.3) is 0 Å². The average molecular weight is 229 g/mol. The molecule has 0 aliphatic heterocycles. The van der Waals surface area contributed by atoms with Gasteiger partial charge in [-0.05, 0) is 12.0 Å². The van der Waals surface area contributed by atoms with Crippen LogP contribution in [0.4, 0.5) is 5.82 Å². The smallest absolute Gasteiger partial charge is 0.128 e. The fourth-order valence-electron chi connectivity index (χ4n) is 1.44. The lowest BCUT2D eigenvalue weighted by Crippen LogP contribution is -2.23. The van der Waals surface area contributed by atoms with Crippen molar-refractivity contribution in [2.24, 2.45) is 5.92 Å². The van der Waals surface area contributed by atoms with Crippen molar-refractivity contribution in [2.45, 2.75) is 20.5 Å². The van der Waals surface area contributed by atoms with Gasteiger partial charge in [0, 0.05) is 25.4 Å². The topological polar surface area (TPSA) is 36.4 Å². The van der Waals surface area contributed by atoms with E-state index < -0.39 is 0 Å². The summed E-state index contributed by atoms with van der Waals surface area (Å²) in [6, 6.07) is 1.82. The van der Waals surface area contributed by atoms with Crippen LogP contribution in [0.2, 0.25) is 5.02 Å². The molecule has 84 valence electrons. The maximum atomic E-state index is 9.08. The van der Waals surface area contributed by atoms with Crippen LogP contribution in [0, 0.1) is 5.92 Å². The van der Waals surface area contributed by atoms with Gasteiger partial charge >= 0.3 is 0 Å². The molecule has 0 aliphatic carbocycles. The van der Waals surface area contributed by atoms with E-state index >= 15 is 0 Å². The number of hydrogen-bond acceptors (Lipinski definition) is 3. The molecule has 15 heavy (non-hydrogen) atoms. The van der Waals surface area contributed by atoms with Crippen LogP contribution in [-0.2, 0) is 6.61 Å². The Kier molecular flexibility index (Phi) is 4.36. The summed E-state index contributed by atoms with van der Waals surface area (Å²) in [7, 11) is 1.98. The molecular formula is C11H17ClN2O. The molecule has 1 heterocycles. The largest absolute Gasteiger partial charge is 0.392 e. The lowest BCUT2D eigenvalue weighted by atomic mass is 10.2. The Morgan fingerprint density at radius 1 is 1.53 bits per heavy atom. The number of pyridine rings is 1. The highest BCUT2D eigenvalue weighted by atomic mass is 35.5. The van der Waals surface area contributed by atoms with Gasteiger partial charge in [-0.25, -0.2) is 4.98 Å². The first-order chi connectivity index (χ1) is 7.04. The first-order valence-corrected chi connectivity index (χ1v) is 5.38. The summed E-state index contributed by atoms with van der Waals surface area (Å²) in [6.45, 7) is 5.18. The molecule has 0 radical (unpaired) electrons. The van der Waals surface area contributed by atoms with Gasteiger partial charge in [-0.2, -0.15) is 0 Å². The summed E-state index contributed by atoms with van der Waals surface area (Å²) >= 11 is 5.87. The molecule has 0 aliphatic rings. The minimum atomic E-state index is -0.0517. The van der Waals surface area contributed by atoms with Crippen molar-refractivity contribution < 1.29 is 5.11 Å². The monoisotopic (exact) mass is 228 g/mol. The number of aromatic nitrogens is 1. The van der Waals surface area contributed by atoms with E-state index in [1.807, 2.05) is 13.1 Å². The number of aliphatic hydroxyl groups excluding tert-OH is 1. The van der Waals surface area contributed by atoms with Crippen molar-refractivity contribution in [1.29, 1.82) is 0 Å². The highest BCUT2D eigenvalue weighted by molar-refractivity contribution is 6.31. The zero-order chi connectivity index (χ0) is 11.4. The Morgan fingerprint density at radius 3 is 2.73 bits per heavy atom. The van der Waals surface area contributed by atoms with Crippen LogP contribution >= 0.6 is 11.6 Å². The van der Waals surface area contributed by atoms with E-state index in [0.717, 1.165) is 17.9 Å². The Labute approximate surface area is 95.7 Å². The summed E-state index contributed by atoms with van der Waals surface area (Å²) in [6.07, 6.45) is 1.58. The van der Waals surface area contributed by atoms with Crippen molar-refractivity contribution in [2.75, 3.05) is 18.5 Å². The highest BCUT2D eigenvalue weighted by Crippen LogP contribution is 2.20. The van der Waals surface area contributed by atoms with E-state index in [1.54, 1.807) is 6.20 Å². The number of rotatable bonds is 4. The number of nitrogens with zero attached hydrogens (tertiary/aromatic N) is 2. The molecule has 3 nitrogen and oxygen atoms in total. The van der Waals surface area contributed by atoms with Gasteiger partial charge in [0.25, 0.3) is 0 Å². The molecule has 0 spiro atoms. The summed E-state index contributed by atoms with van der Waals surface area (Å²) in [5, 5.41) is 9.59. The highest BCUT2D eigenvalue weighted by Gasteiger charge is 2.07. The van der Waals surface area contributed by atoms with Crippen LogP contribution in [0.1, 0.15) is 19.4 Å². The van der Waals surface area contributed by atoms with Crippen LogP contribution < -0.4 is 4.90 Å². The Bertz CT molecular complexity index is 328. The lowest BCUT2D eigenvalue weighted by Gasteiger charge is -2.20. The third-order valence-corrected chi connectivity index (χ3v) is 2.46. The van der Waals surface area contributed by atoms with E-state index in [9.17, 15) is 0 Å². The van der Waals surface area contributed by atoms with Crippen LogP contribution in [-0.4, -0.2) is 23.7 Å². The maximum Gasteiger partial charge on any atom is 0.128 e. The van der Waals surface area contributed by atoms with Crippen molar-refractivity contribution >= 4 is 17.4 Å². The van der Waals surface area contributed by atoms with E-state index in [4.69, 9.17) is 16.7 Å². The maximum absolute atomic E-state index is 9.08. The zero-order valence-corrected chi connectivity index (χ0v) is 10.1. The Morgan fingerprint density at radius 2 is 2.20 bits per heavy atom. The summed E-state index contributed by atoms with van der Waals surface area (Å²) in [5.74, 6) is 1.42. The fourth-order valence-corrected chi connectivity index (χ4v) is 1.60. The molecule has 4 heteroatoms. The first-order valence-electron chi connectivity index (χ1n) is 5.01. The fraction of sp³-hybridized carbons (Fsp3) is 0.545. The molecule has 0 saturated heterocycles. The van der Waals surface area contributed by atoms with Gasteiger partial charge in [0.1, 0.15) is 5.82 Å². The van der Waals surface area contributed by atoms with Crippen LogP contribution in [0.3, 0.4) is 0 Å². The first kappa shape index (κ1) is 12.3. The van der Waals surface area contributed by atoms with Crippen molar-refractivity contribution in [3.63, 3.8) is 0 Å². The molecule has 0 bridgehead atoms. The molecule has 0 aromatic carbocycles. The third kappa shape index (κ3) is 3.36. The lowest BCUT2D eigenvalue weighted by molar-refractivity contribution is 0.282. The minimum absolute atomic E-state index is 0.0517. The zero-order valence-electron chi connectivity index (χ0n) is 9.37. The number of hydrogen-bond donors (Lipinski definition) is 1. The van der Waals surface area contributed by atoms with E-state index in [0.29, 0.717) is 10.9 Å². The predicted molar refractivity (Wildman–Crippen MR) is 63.3 cm³/mol. The van der Waals surface area contributed by atoms with Gasteiger partial charge in [-0.1, -0.05) is 25.4 Å². The molecular weight excluding hydrogens is 212 g/mol. The van der Waals surface area contributed by atoms with Gasteiger partial charge in [0.15, 0.2) is 0 Å². The van der Waals surface area contributed by atoms with Crippen molar-refractivity contribution in [3.8, 4) is 0 Å². The van der Waals surface area contributed by atoms with E-state index in [-0.39, 0.29) is 6.61 Å². The number of halogens is 1. The SMILES string of the molecule is CC(C)CN(C)c1cc(CO)c(Cl)cn1. The van der Waals surface area contributed by atoms with Crippen LogP contribution in [0.5, 0.6) is 0 Å². The van der Waals surface area contributed by atoms with E-state index in [1.165, 1.54) is 0 Å². The van der Waals surface area contributed by atoms with Crippen molar-refractivity contribution in [3.05, 3.63) is 22.8 Å². The second-order valence-electron chi connectivity index (χ2n) is 4.07. The molecule has 0 amide bonds. The molecule has 0 unspecified atom stereocenters. The van der Waals surface area contributed by atoms with E-state index in [2.05, 4.69) is 23.7 Å². The molecule has 0 atom stereocenters. The molecule has 1 aromatic heterocycles. The van der Waals surface area contributed by atoms with Gasteiger partial charge in [0.2, 0.25) is 0 Å². The molecule has 0 saturated carbocycles. The number of anilines is 1. The minimum Gasteiger partial charge on any atom is -0.392 e.